The molecule has 0 aliphatic rings. The van der Waals surface area contributed by atoms with Crippen molar-refractivity contribution in [3.05, 3.63) is 74.7 Å². The van der Waals surface area contributed by atoms with E-state index in [0.717, 1.165) is 28.9 Å². The van der Waals surface area contributed by atoms with Gasteiger partial charge in [0.05, 0.1) is 17.7 Å². The second-order valence-corrected chi connectivity index (χ2v) is 5.71. The first-order valence-corrected chi connectivity index (χ1v) is 8.07. The topological polar surface area (TPSA) is 157 Å². The number of aromatic nitrogens is 2. The predicted octanol–water partition coefficient (Wildman–Crippen LogP) is 1.81. The van der Waals surface area contributed by atoms with E-state index >= 15 is 0 Å². The molecule has 0 atom stereocenters. The molecule has 11 heteroatoms. The van der Waals surface area contributed by atoms with Gasteiger partial charge >= 0.3 is 0 Å². The van der Waals surface area contributed by atoms with E-state index in [2.05, 4.69) is 10.4 Å². The second kappa shape index (κ2) is 7.68. The zero-order valence-electron chi connectivity index (χ0n) is 14.9. The largest absolute Gasteiger partial charge is 0.506 e. The maximum atomic E-state index is 12.6. The van der Waals surface area contributed by atoms with E-state index in [1.807, 2.05) is 0 Å². The van der Waals surface area contributed by atoms with Crippen molar-refractivity contribution in [2.45, 2.75) is 0 Å². The first-order valence-electron chi connectivity index (χ1n) is 8.07. The lowest BCUT2D eigenvalue weighted by Gasteiger charge is -2.12. The molecule has 1 amide bonds. The molecule has 0 fully saturated rings. The van der Waals surface area contributed by atoms with E-state index in [4.69, 9.17) is 4.74 Å². The van der Waals surface area contributed by atoms with Crippen LogP contribution in [0.15, 0.2) is 53.3 Å². The molecule has 0 aliphatic heterocycles. The number of nitro groups is 1. The Morgan fingerprint density at radius 3 is 2.59 bits per heavy atom. The number of nitro benzene ring substituents is 1. The average Bonchev–Trinajstić information content (AvgIpc) is 2.69. The van der Waals surface area contributed by atoms with Crippen molar-refractivity contribution in [1.82, 2.24) is 9.78 Å². The zero-order chi connectivity index (χ0) is 21.1. The van der Waals surface area contributed by atoms with Crippen LogP contribution in [-0.4, -0.2) is 37.9 Å². The van der Waals surface area contributed by atoms with Gasteiger partial charge in [-0.3, -0.25) is 19.7 Å². The van der Waals surface area contributed by atoms with Crippen LogP contribution in [0.1, 0.15) is 10.5 Å². The number of methoxy groups -OCH3 is 1. The van der Waals surface area contributed by atoms with E-state index in [1.54, 1.807) is 18.2 Å². The van der Waals surface area contributed by atoms with Crippen molar-refractivity contribution in [3.63, 3.8) is 0 Å². The highest BCUT2D eigenvalue weighted by Gasteiger charge is 2.20. The van der Waals surface area contributed by atoms with Crippen molar-refractivity contribution in [3.8, 4) is 22.9 Å². The lowest BCUT2D eigenvalue weighted by Crippen LogP contribution is -2.25. The third-order valence-electron chi connectivity index (χ3n) is 3.88. The van der Waals surface area contributed by atoms with Crippen LogP contribution >= 0.6 is 0 Å². The highest BCUT2D eigenvalue weighted by Crippen LogP contribution is 2.29. The molecule has 0 aliphatic carbocycles. The summed E-state index contributed by atoms with van der Waals surface area (Å²) in [6, 6.07) is 10.2. The highest BCUT2D eigenvalue weighted by atomic mass is 16.6. The number of hydrogen-bond acceptors (Lipinski definition) is 8. The van der Waals surface area contributed by atoms with Gasteiger partial charge in [-0.05, 0) is 18.2 Å². The number of nitrogens with one attached hydrogen (secondary N) is 1. The Morgan fingerprint density at radius 1 is 1.17 bits per heavy atom. The molecule has 0 saturated carbocycles. The van der Waals surface area contributed by atoms with Crippen molar-refractivity contribution in [2.24, 2.45) is 0 Å². The molecule has 2 aromatic carbocycles. The Morgan fingerprint density at radius 2 is 1.90 bits per heavy atom. The maximum absolute atomic E-state index is 12.6. The average molecular weight is 398 g/mol. The number of para-hydroxylation sites is 2. The normalized spacial score (nSPS) is 10.4. The maximum Gasteiger partial charge on any atom is 0.280 e. The van der Waals surface area contributed by atoms with E-state index in [-0.39, 0.29) is 17.1 Å². The number of carbonyl (C=O) groups excluding carboxylic acids is 1. The number of rotatable bonds is 5. The number of carbonyl (C=O) groups is 1. The van der Waals surface area contributed by atoms with Crippen LogP contribution in [0, 0.1) is 10.1 Å². The van der Waals surface area contributed by atoms with Crippen LogP contribution in [-0.2, 0) is 0 Å². The summed E-state index contributed by atoms with van der Waals surface area (Å²) in [6.07, 6.45) is 0. The molecule has 1 heterocycles. The number of ether oxygens (including phenoxy) is 1. The molecule has 1 aromatic heterocycles. The number of phenolic OH excluding ortho intramolecular Hbond substituents is 1. The number of amides is 1. The molecule has 3 N–H and O–H groups in total. The van der Waals surface area contributed by atoms with Gasteiger partial charge < -0.3 is 20.3 Å². The summed E-state index contributed by atoms with van der Waals surface area (Å²) in [6.45, 7) is 0. The summed E-state index contributed by atoms with van der Waals surface area (Å²) in [5, 5.41) is 36.8. The lowest BCUT2D eigenvalue weighted by atomic mass is 10.2. The number of benzene rings is 2. The summed E-state index contributed by atoms with van der Waals surface area (Å²) in [5.41, 5.74) is -1.66. The van der Waals surface area contributed by atoms with Crippen molar-refractivity contribution < 1.29 is 24.7 Å². The number of hydrogen-bond donors (Lipinski definition) is 3. The molecular formula is C18H14N4O7. The van der Waals surface area contributed by atoms with Gasteiger partial charge in [-0.25, -0.2) is 0 Å². The molecule has 0 unspecified atom stereocenters. The first-order chi connectivity index (χ1) is 13.8. The summed E-state index contributed by atoms with van der Waals surface area (Å²) in [5.74, 6) is -1.83. The molecule has 3 aromatic rings. The van der Waals surface area contributed by atoms with E-state index in [0.29, 0.717) is 5.75 Å². The van der Waals surface area contributed by atoms with E-state index in [9.17, 15) is 29.9 Å². The molecular weight excluding hydrogens is 384 g/mol. The minimum atomic E-state index is -0.998. The van der Waals surface area contributed by atoms with E-state index < -0.39 is 33.6 Å². The molecule has 0 saturated heterocycles. The molecule has 0 bridgehead atoms. The highest BCUT2D eigenvalue weighted by molar-refractivity contribution is 6.05. The van der Waals surface area contributed by atoms with E-state index in [1.165, 1.54) is 13.2 Å². The van der Waals surface area contributed by atoms with Gasteiger partial charge in [-0.15, -0.1) is 0 Å². The number of anilines is 1. The molecule has 148 valence electrons. The Bertz CT molecular complexity index is 1170. The summed E-state index contributed by atoms with van der Waals surface area (Å²) < 4.78 is 6.03. The fourth-order valence-corrected chi connectivity index (χ4v) is 2.51. The van der Waals surface area contributed by atoms with Gasteiger partial charge in [0, 0.05) is 18.2 Å². The molecule has 0 spiro atoms. The number of aromatic hydroxyl groups is 2. The fraction of sp³-hybridized carbons (Fsp3) is 0.0556. The van der Waals surface area contributed by atoms with Gasteiger partial charge in [0.2, 0.25) is 0 Å². The monoisotopic (exact) mass is 398 g/mol. The molecule has 3 rings (SSSR count). The minimum absolute atomic E-state index is 0.229. The zero-order valence-corrected chi connectivity index (χ0v) is 14.9. The second-order valence-electron chi connectivity index (χ2n) is 5.71. The Kier molecular flexibility index (Phi) is 5.13. The lowest BCUT2D eigenvalue weighted by molar-refractivity contribution is -0.384. The Balaban J connectivity index is 2.04. The first kappa shape index (κ1) is 19.4. The van der Waals surface area contributed by atoms with Gasteiger partial charge in [-0.2, -0.15) is 9.78 Å². The van der Waals surface area contributed by atoms with Crippen LogP contribution in [0.25, 0.3) is 5.69 Å². The SMILES string of the molecule is COc1ccccc1-n1nc(C(=O)Nc2cc([N+](=O)[O-])ccc2O)c(O)cc1=O. The smallest absolute Gasteiger partial charge is 0.280 e. The Labute approximate surface area is 162 Å². The Hall–Kier alpha value is -4.41. The predicted molar refractivity (Wildman–Crippen MR) is 101 cm³/mol. The van der Waals surface area contributed by atoms with Gasteiger partial charge in [0.25, 0.3) is 17.2 Å². The van der Waals surface area contributed by atoms with Crippen LogP contribution in [0.4, 0.5) is 11.4 Å². The summed E-state index contributed by atoms with van der Waals surface area (Å²) in [4.78, 5) is 35.0. The number of phenols is 1. The third-order valence-corrected chi connectivity index (χ3v) is 3.88. The van der Waals surface area contributed by atoms with Crippen LogP contribution in [0.5, 0.6) is 17.2 Å². The molecule has 0 radical (unpaired) electrons. The van der Waals surface area contributed by atoms with Crippen molar-refractivity contribution >= 4 is 17.3 Å². The van der Waals surface area contributed by atoms with Gasteiger partial charge in [0.15, 0.2) is 11.4 Å². The number of nitrogens with zero attached hydrogens (tertiary/aromatic N) is 3. The quantitative estimate of drug-likeness (QED) is 0.334. The minimum Gasteiger partial charge on any atom is -0.506 e. The van der Waals surface area contributed by atoms with Crippen LogP contribution < -0.4 is 15.6 Å². The van der Waals surface area contributed by atoms with Crippen LogP contribution in [0.3, 0.4) is 0 Å². The third kappa shape index (κ3) is 3.83. The summed E-state index contributed by atoms with van der Waals surface area (Å²) >= 11 is 0. The van der Waals surface area contributed by atoms with Crippen molar-refractivity contribution in [2.75, 3.05) is 12.4 Å². The number of non-ortho nitro benzene ring substituents is 1. The molecule has 11 nitrogen and oxygen atoms in total. The van der Waals surface area contributed by atoms with Gasteiger partial charge in [-0.1, -0.05) is 12.1 Å². The summed E-state index contributed by atoms with van der Waals surface area (Å²) in [7, 11) is 1.39. The van der Waals surface area contributed by atoms with Crippen LogP contribution in [0.2, 0.25) is 0 Å². The fourth-order valence-electron chi connectivity index (χ4n) is 2.51. The molecule has 29 heavy (non-hydrogen) atoms. The standard InChI is InChI=1S/C18H14N4O7/c1-29-15-5-3-2-4-12(15)21-16(25)9-14(24)17(20-21)18(26)19-11-8-10(22(27)28)6-7-13(11)23/h2-9,23-24H,1H3,(H,19,26). The van der Waals surface area contributed by atoms with Gasteiger partial charge in [0.1, 0.15) is 17.2 Å². The van der Waals surface area contributed by atoms with Crippen molar-refractivity contribution in [1.29, 1.82) is 0 Å².